The van der Waals surface area contributed by atoms with Crippen LogP contribution in [0.25, 0.3) is 0 Å². The van der Waals surface area contributed by atoms with Gasteiger partial charge in [0.25, 0.3) is 0 Å². The lowest BCUT2D eigenvalue weighted by Crippen LogP contribution is -2.31. The zero-order valence-corrected chi connectivity index (χ0v) is 10.4. The van der Waals surface area contributed by atoms with Crippen LogP contribution in [-0.4, -0.2) is 23.1 Å². The first-order valence-corrected chi connectivity index (χ1v) is 6.13. The molecule has 1 heterocycles. The van der Waals surface area contributed by atoms with Gasteiger partial charge in [0, 0.05) is 6.04 Å². The minimum Gasteiger partial charge on any atom is -0.479 e. The van der Waals surface area contributed by atoms with E-state index in [2.05, 4.69) is 22.2 Å². The van der Waals surface area contributed by atoms with Crippen LogP contribution in [0, 0.1) is 5.92 Å². The van der Waals surface area contributed by atoms with Gasteiger partial charge in [-0.1, -0.05) is 19.8 Å². The van der Waals surface area contributed by atoms with Crippen molar-refractivity contribution in [1.82, 2.24) is 9.97 Å². The van der Waals surface area contributed by atoms with Crippen LogP contribution in [0.2, 0.25) is 0 Å². The summed E-state index contributed by atoms with van der Waals surface area (Å²) in [6.07, 6.45) is 6.50. The second kappa shape index (κ2) is 5.21. The third-order valence-corrected chi connectivity index (χ3v) is 3.47. The molecule has 0 spiro atoms. The van der Waals surface area contributed by atoms with E-state index in [0.29, 0.717) is 29.3 Å². The Bertz CT molecular complexity index is 383. The number of rotatable bonds is 3. The number of aromatic nitrogens is 2. The first-order chi connectivity index (χ1) is 8.22. The normalized spacial score (nSPS) is 24.4. The van der Waals surface area contributed by atoms with Crippen molar-refractivity contribution in [3.05, 3.63) is 6.33 Å². The summed E-state index contributed by atoms with van der Waals surface area (Å²) in [6.45, 7) is 2.27. The fraction of sp³-hybridized carbons (Fsp3) is 0.667. The highest BCUT2D eigenvalue weighted by atomic mass is 16.5. The summed E-state index contributed by atoms with van der Waals surface area (Å²) in [5, 5.41) is 3.42. The Morgan fingerprint density at radius 2 is 2.12 bits per heavy atom. The average Bonchev–Trinajstić information content (AvgIpc) is 2.34. The van der Waals surface area contributed by atoms with Crippen molar-refractivity contribution in [2.45, 2.75) is 38.6 Å². The highest BCUT2D eigenvalue weighted by Crippen LogP contribution is 2.30. The standard InChI is InChI=1S/C12H20N4O/c1-8-5-3-4-6-9(8)16-11-10(13)12(17-2)15-7-14-11/h7-9H,3-6,13H2,1-2H3,(H,14,15,16). The maximum Gasteiger partial charge on any atom is 0.242 e. The molecule has 5 nitrogen and oxygen atoms in total. The highest BCUT2D eigenvalue weighted by Gasteiger charge is 2.22. The summed E-state index contributed by atoms with van der Waals surface area (Å²) in [7, 11) is 1.56. The van der Waals surface area contributed by atoms with Gasteiger partial charge in [-0.15, -0.1) is 0 Å². The number of nitrogen functional groups attached to an aromatic ring is 1. The van der Waals surface area contributed by atoms with Crippen LogP contribution in [0.3, 0.4) is 0 Å². The number of methoxy groups -OCH3 is 1. The molecule has 1 aliphatic carbocycles. The van der Waals surface area contributed by atoms with E-state index in [-0.39, 0.29) is 0 Å². The number of nitrogens with one attached hydrogen (secondary N) is 1. The van der Waals surface area contributed by atoms with E-state index in [0.717, 1.165) is 0 Å². The number of ether oxygens (including phenoxy) is 1. The quantitative estimate of drug-likeness (QED) is 0.840. The first-order valence-electron chi connectivity index (χ1n) is 6.13. The van der Waals surface area contributed by atoms with E-state index in [4.69, 9.17) is 10.5 Å². The largest absolute Gasteiger partial charge is 0.479 e. The zero-order chi connectivity index (χ0) is 12.3. The molecule has 2 rings (SSSR count). The topological polar surface area (TPSA) is 73.1 Å². The lowest BCUT2D eigenvalue weighted by Gasteiger charge is -2.30. The second-order valence-electron chi connectivity index (χ2n) is 4.66. The molecule has 0 saturated heterocycles. The lowest BCUT2D eigenvalue weighted by molar-refractivity contribution is 0.348. The molecule has 0 bridgehead atoms. The molecule has 3 N–H and O–H groups in total. The molecule has 2 unspecified atom stereocenters. The summed E-state index contributed by atoms with van der Waals surface area (Å²) in [5.74, 6) is 1.78. The number of nitrogens with two attached hydrogens (primary N) is 1. The van der Waals surface area contributed by atoms with E-state index in [1.54, 1.807) is 7.11 Å². The first kappa shape index (κ1) is 12.0. The monoisotopic (exact) mass is 236 g/mol. The average molecular weight is 236 g/mol. The van der Waals surface area contributed by atoms with Crippen LogP contribution in [0.5, 0.6) is 5.88 Å². The zero-order valence-electron chi connectivity index (χ0n) is 10.4. The second-order valence-corrected chi connectivity index (χ2v) is 4.66. The summed E-state index contributed by atoms with van der Waals surface area (Å²) in [5.41, 5.74) is 6.44. The summed E-state index contributed by atoms with van der Waals surface area (Å²) in [6, 6.07) is 0.450. The van der Waals surface area contributed by atoms with Crippen LogP contribution in [0.4, 0.5) is 11.5 Å². The van der Waals surface area contributed by atoms with E-state index in [9.17, 15) is 0 Å². The highest BCUT2D eigenvalue weighted by molar-refractivity contribution is 5.66. The molecule has 94 valence electrons. The molecule has 1 saturated carbocycles. The molecule has 17 heavy (non-hydrogen) atoms. The Morgan fingerprint density at radius 3 is 2.82 bits per heavy atom. The molecule has 1 fully saturated rings. The predicted molar refractivity (Wildman–Crippen MR) is 68.0 cm³/mol. The fourth-order valence-electron chi connectivity index (χ4n) is 2.36. The molecule has 1 aliphatic rings. The van der Waals surface area contributed by atoms with E-state index >= 15 is 0 Å². The van der Waals surface area contributed by atoms with E-state index in [1.165, 1.54) is 32.0 Å². The van der Waals surface area contributed by atoms with Crippen LogP contribution in [-0.2, 0) is 0 Å². The van der Waals surface area contributed by atoms with Crippen LogP contribution in [0.1, 0.15) is 32.6 Å². The minimum absolute atomic E-state index is 0.436. The minimum atomic E-state index is 0.436. The molecular weight excluding hydrogens is 216 g/mol. The number of anilines is 2. The van der Waals surface area contributed by atoms with Crippen molar-refractivity contribution in [2.24, 2.45) is 5.92 Å². The van der Waals surface area contributed by atoms with Crippen LogP contribution >= 0.6 is 0 Å². The summed E-state index contributed by atoms with van der Waals surface area (Å²) >= 11 is 0. The number of hydrogen-bond donors (Lipinski definition) is 2. The molecule has 1 aromatic rings. The van der Waals surface area contributed by atoms with Crippen molar-refractivity contribution in [3.8, 4) is 5.88 Å². The predicted octanol–water partition coefficient (Wildman–Crippen LogP) is 2.06. The molecule has 2 atom stereocenters. The summed E-state index contributed by atoms with van der Waals surface area (Å²) in [4.78, 5) is 8.16. The van der Waals surface area contributed by atoms with Crippen molar-refractivity contribution in [3.63, 3.8) is 0 Å². The van der Waals surface area contributed by atoms with Crippen molar-refractivity contribution >= 4 is 11.5 Å². The third kappa shape index (κ3) is 2.60. The van der Waals surface area contributed by atoms with Gasteiger partial charge in [-0.2, -0.15) is 4.98 Å². The number of nitrogens with zero attached hydrogens (tertiary/aromatic N) is 2. The smallest absolute Gasteiger partial charge is 0.242 e. The maximum atomic E-state index is 5.94. The SMILES string of the molecule is COc1ncnc(NC2CCCCC2C)c1N. The van der Waals surface area contributed by atoms with Crippen molar-refractivity contribution < 1.29 is 4.74 Å². The Morgan fingerprint density at radius 1 is 1.35 bits per heavy atom. The molecule has 5 heteroatoms. The van der Waals surface area contributed by atoms with Crippen molar-refractivity contribution in [1.29, 1.82) is 0 Å². The van der Waals surface area contributed by atoms with Gasteiger partial charge < -0.3 is 15.8 Å². The molecule has 0 aromatic carbocycles. The van der Waals surface area contributed by atoms with Gasteiger partial charge in [0.15, 0.2) is 5.82 Å². The Balaban J connectivity index is 2.12. The van der Waals surface area contributed by atoms with Gasteiger partial charge in [-0.25, -0.2) is 4.98 Å². The Labute approximate surface area is 102 Å². The molecule has 0 aliphatic heterocycles. The van der Waals surface area contributed by atoms with Gasteiger partial charge in [-0.3, -0.25) is 0 Å². The van der Waals surface area contributed by atoms with Gasteiger partial charge in [0.2, 0.25) is 5.88 Å². The van der Waals surface area contributed by atoms with Gasteiger partial charge in [-0.05, 0) is 18.8 Å². The Hall–Kier alpha value is -1.52. The maximum absolute atomic E-state index is 5.94. The van der Waals surface area contributed by atoms with E-state index < -0.39 is 0 Å². The summed E-state index contributed by atoms with van der Waals surface area (Å²) < 4.78 is 5.09. The van der Waals surface area contributed by atoms with Gasteiger partial charge in [0.1, 0.15) is 12.0 Å². The number of hydrogen-bond acceptors (Lipinski definition) is 5. The van der Waals surface area contributed by atoms with Crippen LogP contribution < -0.4 is 15.8 Å². The van der Waals surface area contributed by atoms with Gasteiger partial charge in [0.05, 0.1) is 7.11 Å². The molecule has 0 radical (unpaired) electrons. The molecule has 0 amide bonds. The fourth-order valence-corrected chi connectivity index (χ4v) is 2.36. The van der Waals surface area contributed by atoms with E-state index in [1.807, 2.05) is 0 Å². The van der Waals surface area contributed by atoms with Crippen molar-refractivity contribution in [2.75, 3.05) is 18.2 Å². The Kier molecular flexibility index (Phi) is 3.66. The van der Waals surface area contributed by atoms with Gasteiger partial charge >= 0.3 is 0 Å². The lowest BCUT2D eigenvalue weighted by atomic mass is 9.86. The molecule has 1 aromatic heterocycles. The molecular formula is C12H20N4O. The van der Waals surface area contributed by atoms with Crippen LogP contribution in [0.15, 0.2) is 6.33 Å². The third-order valence-electron chi connectivity index (χ3n) is 3.47.